The van der Waals surface area contributed by atoms with Gasteiger partial charge in [0.25, 0.3) is 5.91 Å². The van der Waals surface area contributed by atoms with Gasteiger partial charge in [0, 0.05) is 31.6 Å². The van der Waals surface area contributed by atoms with E-state index in [0.29, 0.717) is 18.5 Å². The lowest BCUT2D eigenvalue weighted by molar-refractivity contribution is -0.130. The molecule has 1 fully saturated rings. The first-order valence-corrected chi connectivity index (χ1v) is 8.06. The smallest absolute Gasteiger partial charge is 0.255 e. The maximum atomic E-state index is 14.3. The van der Waals surface area contributed by atoms with Crippen LogP contribution >= 0.6 is 0 Å². The van der Waals surface area contributed by atoms with Crippen LogP contribution in [0.25, 0.3) is 0 Å². The maximum absolute atomic E-state index is 14.3. The Labute approximate surface area is 131 Å². The van der Waals surface area contributed by atoms with Crippen molar-refractivity contribution in [2.24, 2.45) is 11.1 Å². The number of alkyl halides is 1. The second-order valence-corrected chi connectivity index (χ2v) is 7.74. The van der Waals surface area contributed by atoms with E-state index < -0.39 is 11.6 Å². The number of benzene rings is 1. The zero-order valence-corrected chi connectivity index (χ0v) is 13.7. The Bertz CT molecular complexity index is 616. The van der Waals surface area contributed by atoms with E-state index in [1.807, 2.05) is 0 Å². The van der Waals surface area contributed by atoms with Crippen LogP contribution in [0.4, 0.5) is 10.1 Å². The minimum absolute atomic E-state index is 0.185. The Morgan fingerprint density at radius 2 is 1.73 bits per heavy atom. The van der Waals surface area contributed by atoms with Crippen LogP contribution in [0.2, 0.25) is 0 Å². The van der Waals surface area contributed by atoms with E-state index in [4.69, 9.17) is 5.73 Å². The van der Waals surface area contributed by atoms with Crippen LogP contribution in [0.5, 0.6) is 0 Å². The molecule has 3 nitrogen and oxygen atoms in total. The first-order valence-electron chi connectivity index (χ1n) is 8.06. The van der Waals surface area contributed by atoms with Gasteiger partial charge in [-0.2, -0.15) is 0 Å². The SMILES string of the molecule is Cc1cc2c(cc1N1CCC(F)(C(N)=O)CC1)CC(C)(C)C2. The van der Waals surface area contributed by atoms with E-state index in [1.54, 1.807) is 0 Å². The molecule has 1 aliphatic heterocycles. The topological polar surface area (TPSA) is 46.3 Å². The molecule has 3 rings (SSSR count). The van der Waals surface area contributed by atoms with Gasteiger partial charge in [0.2, 0.25) is 0 Å². The minimum atomic E-state index is -1.83. The molecule has 1 amide bonds. The number of hydrogen-bond acceptors (Lipinski definition) is 2. The lowest BCUT2D eigenvalue weighted by Crippen LogP contribution is -2.49. The molecule has 0 radical (unpaired) electrons. The molecule has 0 atom stereocenters. The number of hydrogen-bond donors (Lipinski definition) is 1. The molecule has 0 unspecified atom stereocenters. The van der Waals surface area contributed by atoms with E-state index in [2.05, 4.69) is 37.8 Å². The van der Waals surface area contributed by atoms with Crippen LogP contribution in [-0.4, -0.2) is 24.7 Å². The fraction of sp³-hybridized carbons (Fsp3) is 0.611. The van der Waals surface area contributed by atoms with Crippen molar-refractivity contribution in [3.8, 4) is 0 Å². The van der Waals surface area contributed by atoms with Crippen molar-refractivity contribution in [1.29, 1.82) is 0 Å². The Hall–Kier alpha value is -1.58. The third kappa shape index (κ3) is 2.59. The summed E-state index contributed by atoms with van der Waals surface area (Å²) in [6.07, 6.45) is 2.59. The standard InChI is InChI=1S/C18H25FN2O/c1-12-8-13-10-17(2,3)11-14(13)9-15(12)21-6-4-18(19,5-7-21)16(20)22/h8-9H,4-7,10-11H2,1-3H3,(H2,20,22). The first kappa shape index (κ1) is 15.3. The molecule has 120 valence electrons. The number of nitrogens with two attached hydrogens (primary N) is 1. The van der Waals surface area contributed by atoms with Crippen molar-refractivity contribution in [1.82, 2.24) is 0 Å². The number of aryl methyl sites for hydroxylation is 1. The van der Waals surface area contributed by atoms with Crippen LogP contribution in [0.1, 0.15) is 43.4 Å². The molecule has 1 aromatic carbocycles. The lowest BCUT2D eigenvalue weighted by atomic mass is 9.90. The summed E-state index contributed by atoms with van der Waals surface area (Å²) in [5, 5.41) is 0. The van der Waals surface area contributed by atoms with Gasteiger partial charge in [0.1, 0.15) is 0 Å². The summed E-state index contributed by atoms with van der Waals surface area (Å²) in [7, 11) is 0. The number of carbonyl (C=O) groups excluding carboxylic acids is 1. The molecule has 1 saturated heterocycles. The maximum Gasteiger partial charge on any atom is 0.255 e. The van der Waals surface area contributed by atoms with E-state index in [-0.39, 0.29) is 12.8 Å². The van der Waals surface area contributed by atoms with Crippen LogP contribution in [0.3, 0.4) is 0 Å². The summed E-state index contributed by atoms with van der Waals surface area (Å²) in [6, 6.07) is 4.56. The second-order valence-electron chi connectivity index (χ2n) is 7.74. The second kappa shape index (κ2) is 4.97. The lowest BCUT2D eigenvalue weighted by Gasteiger charge is -2.36. The highest BCUT2D eigenvalue weighted by atomic mass is 19.1. The number of rotatable bonds is 2. The minimum Gasteiger partial charge on any atom is -0.371 e. The van der Waals surface area contributed by atoms with Gasteiger partial charge in [-0.05, 0) is 47.9 Å². The molecule has 0 bridgehead atoms. The number of nitrogens with zero attached hydrogens (tertiary/aromatic N) is 1. The Morgan fingerprint density at radius 1 is 1.18 bits per heavy atom. The quantitative estimate of drug-likeness (QED) is 0.913. The van der Waals surface area contributed by atoms with Crippen molar-refractivity contribution in [3.63, 3.8) is 0 Å². The summed E-state index contributed by atoms with van der Waals surface area (Å²) >= 11 is 0. The van der Waals surface area contributed by atoms with Crippen LogP contribution in [-0.2, 0) is 17.6 Å². The van der Waals surface area contributed by atoms with Crippen LogP contribution in [0.15, 0.2) is 12.1 Å². The van der Waals surface area contributed by atoms with Gasteiger partial charge in [-0.25, -0.2) is 4.39 Å². The fourth-order valence-corrected chi connectivity index (χ4v) is 3.91. The molecule has 22 heavy (non-hydrogen) atoms. The summed E-state index contributed by atoms with van der Waals surface area (Å²) in [5.74, 6) is -0.820. The van der Waals surface area contributed by atoms with Gasteiger partial charge >= 0.3 is 0 Å². The van der Waals surface area contributed by atoms with E-state index >= 15 is 0 Å². The van der Waals surface area contributed by atoms with Crippen LogP contribution < -0.4 is 10.6 Å². The molecule has 1 aromatic rings. The molecule has 1 aliphatic carbocycles. The number of piperidine rings is 1. The van der Waals surface area contributed by atoms with Gasteiger partial charge in [0.15, 0.2) is 5.67 Å². The highest BCUT2D eigenvalue weighted by molar-refractivity contribution is 5.83. The molecule has 0 spiro atoms. The molecule has 2 N–H and O–H groups in total. The predicted octanol–water partition coefficient (Wildman–Crippen LogP) is 2.91. The van der Waals surface area contributed by atoms with E-state index in [9.17, 15) is 9.18 Å². The summed E-state index contributed by atoms with van der Waals surface area (Å²) in [6.45, 7) is 7.80. The molecular formula is C18H25FN2O. The largest absolute Gasteiger partial charge is 0.371 e. The Balaban J connectivity index is 1.82. The van der Waals surface area contributed by atoms with E-state index in [0.717, 1.165) is 12.8 Å². The zero-order chi connectivity index (χ0) is 16.1. The van der Waals surface area contributed by atoms with Gasteiger partial charge in [0.05, 0.1) is 0 Å². The number of anilines is 1. The van der Waals surface area contributed by atoms with Crippen molar-refractivity contribution >= 4 is 11.6 Å². The monoisotopic (exact) mass is 304 g/mol. The Morgan fingerprint density at radius 3 is 2.27 bits per heavy atom. The number of fused-ring (bicyclic) bond motifs is 1. The zero-order valence-electron chi connectivity index (χ0n) is 13.7. The van der Waals surface area contributed by atoms with E-state index in [1.165, 1.54) is 22.4 Å². The molecule has 2 aliphatic rings. The third-order valence-corrected chi connectivity index (χ3v) is 5.19. The average molecular weight is 304 g/mol. The summed E-state index contributed by atoms with van der Waals surface area (Å²) in [4.78, 5) is 13.4. The number of carbonyl (C=O) groups is 1. The third-order valence-electron chi connectivity index (χ3n) is 5.19. The molecule has 0 aromatic heterocycles. The van der Waals surface area contributed by atoms with Gasteiger partial charge < -0.3 is 10.6 Å². The normalized spacial score (nSPS) is 22.5. The predicted molar refractivity (Wildman–Crippen MR) is 86.8 cm³/mol. The fourth-order valence-electron chi connectivity index (χ4n) is 3.91. The highest BCUT2D eigenvalue weighted by Gasteiger charge is 2.40. The molecule has 1 heterocycles. The number of halogens is 1. The van der Waals surface area contributed by atoms with Gasteiger partial charge in [-0.1, -0.05) is 19.9 Å². The molecule has 0 saturated carbocycles. The van der Waals surface area contributed by atoms with Crippen LogP contribution in [0, 0.1) is 12.3 Å². The molecular weight excluding hydrogens is 279 g/mol. The number of primary amides is 1. The number of amides is 1. The van der Waals surface area contributed by atoms with Crippen molar-refractivity contribution < 1.29 is 9.18 Å². The van der Waals surface area contributed by atoms with Crippen molar-refractivity contribution in [2.75, 3.05) is 18.0 Å². The molecule has 4 heteroatoms. The highest BCUT2D eigenvalue weighted by Crippen LogP contribution is 2.40. The van der Waals surface area contributed by atoms with Crippen molar-refractivity contribution in [2.45, 2.75) is 52.1 Å². The first-order chi connectivity index (χ1) is 10.2. The average Bonchev–Trinajstić information content (AvgIpc) is 2.72. The van der Waals surface area contributed by atoms with Crippen molar-refractivity contribution in [3.05, 3.63) is 28.8 Å². The Kier molecular flexibility index (Phi) is 3.46. The van der Waals surface area contributed by atoms with Gasteiger partial charge in [-0.3, -0.25) is 4.79 Å². The summed E-state index contributed by atoms with van der Waals surface area (Å²) in [5.41, 5.74) is 8.97. The summed E-state index contributed by atoms with van der Waals surface area (Å²) < 4.78 is 14.3. The van der Waals surface area contributed by atoms with Gasteiger partial charge in [-0.15, -0.1) is 0 Å².